The molecule has 0 spiro atoms. The van der Waals surface area contributed by atoms with Crippen molar-refractivity contribution in [3.63, 3.8) is 0 Å². The van der Waals surface area contributed by atoms with Crippen molar-refractivity contribution >= 4 is 58.0 Å². The molecular weight excluding hydrogens is 703 g/mol. The van der Waals surface area contributed by atoms with Gasteiger partial charge in [-0.25, -0.2) is 18.4 Å². The van der Waals surface area contributed by atoms with E-state index in [4.69, 9.17) is 21.1 Å². The maximum atomic E-state index is 14.5. The first-order chi connectivity index (χ1) is 24.3. The smallest absolute Gasteiger partial charge is 0.416 e. The molecule has 1 atom stereocenters. The summed E-state index contributed by atoms with van der Waals surface area (Å²) in [6, 6.07) is 11.4. The summed E-state index contributed by atoms with van der Waals surface area (Å²) in [5, 5.41) is 6.60. The van der Waals surface area contributed by atoms with Gasteiger partial charge in [-0.05, 0) is 67.8 Å². The van der Waals surface area contributed by atoms with Gasteiger partial charge in [-0.15, -0.1) is 0 Å². The summed E-state index contributed by atoms with van der Waals surface area (Å²) in [5.74, 6) is -6.12. The molecule has 2 aliphatic rings. The number of hydrogen-bond acceptors (Lipinski definition) is 7. The second-order valence-electron chi connectivity index (χ2n) is 11.6. The van der Waals surface area contributed by atoms with E-state index < -0.39 is 64.3 Å². The largest absolute Gasteiger partial charge is 0.453 e. The van der Waals surface area contributed by atoms with Crippen LogP contribution in [0.25, 0.3) is 10.9 Å². The maximum absolute atomic E-state index is 14.5. The monoisotopic (exact) mass is 724 g/mol. The molecule has 0 aliphatic carbocycles. The molecule has 7 rings (SSSR count). The van der Waals surface area contributed by atoms with Crippen LogP contribution in [0.3, 0.4) is 0 Å². The number of nitrogens with one attached hydrogen (secondary N) is 1. The average Bonchev–Trinajstić information content (AvgIpc) is 3.61. The van der Waals surface area contributed by atoms with Gasteiger partial charge in [0.25, 0.3) is 17.7 Å². The molecule has 5 aromatic rings. The Morgan fingerprint density at radius 1 is 0.980 bits per heavy atom. The molecule has 0 bridgehead atoms. The first-order valence-corrected chi connectivity index (χ1v) is 15.7. The molecule has 1 aromatic heterocycles. The van der Waals surface area contributed by atoms with Crippen LogP contribution in [-0.2, 0) is 10.9 Å². The molecule has 0 saturated carbocycles. The van der Waals surface area contributed by atoms with E-state index in [2.05, 4.69) is 10.4 Å². The quantitative estimate of drug-likeness (QED) is 0.102. The Morgan fingerprint density at radius 2 is 1.71 bits per heavy atom. The molecule has 51 heavy (non-hydrogen) atoms. The van der Waals surface area contributed by atoms with Gasteiger partial charge in [0.1, 0.15) is 17.4 Å². The third-order valence-corrected chi connectivity index (χ3v) is 8.65. The third-order valence-electron chi connectivity index (χ3n) is 8.34. The number of amides is 3. The highest BCUT2D eigenvalue weighted by Crippen LogP contribution is 2.47. The van der Waals surface area contributed by atoms with E-state index in [0.29, 0.717) is 37.9 Å². The summed E-state index contributed by atoms with van der Waals surface area (Å²) < 4.78 is 82.7. The topological polar surface area (TPSA) is 120 Å². The molecule has 3 amide bonds. The maximum Gasteiger partial charge on any atom is 0.416 e. The van der Waals surface area contributed by atoms with Crippen molar-refractivity contribution in [1.82, 2.24) is 9.78 Å². The first-order valence-electron chi connectivity index (χ1n) is 15.3. The van der Waals surface area contributed by atoms with E-state index in [9.17, 15) is 41.1 Å². The summed E-state index contributed by atoms with van der Waals surface area (Å²) in [6.07, 6.45) is -3.60. The van der Waals surface area contributed by atoms with Crippen molar-refractivity contribution in [2.24, 2.45) is 0 Å². The van der Waals surface area contributed by atoms with Gasteiger partial charge in [-0.2, -0.15) is 18.3 Å². The number of carbonyl (C=O) groups is 4. The number of nitrogens with zero attached hydrogens (tertiary/aromatic N) is 3. The van der Waals surface area contributed by atoms with Crippen molar-refractivity contribution in [2.75, 3.05) is 16.8 Å². The number of aldehydes is 1. The minimum absolute atomic E-state index is 0.0194. The van der Waals surface area contributed by atoms with Crippen LogP contribution in [-0.4, -0.2) is 40.4 Å². The van der Waals surface area contributed by atoms with E-state index in [1.165, 1.54) is 16.8 Å². The highest BCUT2D eigenvalue weighted by Gasteiger charge is 2.41. The number of fused-ring (bicyclic) bond motifs is 2. The lowest BCUT2D eigenvalue weighted by atomic mass is 10.1. The van der Waals surface area contributed by atoms with Crippen LogP contribution < -0.4 is 15.0 Å². The molecule has 1 saturated heterocycles. The number of ether oxygens (including phenoxy) is 2. The van der Waals surface area contributed by atoms with Crippen molar-refractivity contribution in [2.45, 2.75) is 31.7 Å². The summed E-state index contributed by atoms with van der Waals surface area (Å²) in [5.41, 5.74) is -2.72. The van der Waals surface area contributed by atoms with Gasteiger partial charge in [-0.3, -0.25) is 19.2 Å². The molecule has 10 nitrogen and oxygen atoms in total. The lowest BCUT2D eigenvalue weighted by Crippen LogP contribution is -2.30. The second kappa shape index (κ2) is 12.9. The number of hydrogen-bond donors (Lipinski definition) is 1. The Hall–Kier alpha value is -5.67. The standard InChI is InChI=1S/C35H22ClF5N4O6/c36-24-9-8-20(37)15-26(24)51-30-25(42-32(47)17-11-19(35(39,40)41)14-21(38)12-17)13-18(16-46)29-28(30)31(43-45(29)27-7-3-4-10-50-27)44-33(48)22-5-1-2-6-23(22)34(44)49/h1-2,5-6,8-9,11-16,27H,3-4,7,10H2,(H,42,47). The highest BCUT2D eigenvalue weighted by molar-refractivity contribution is 6.36. The van der Waals surface area contributed by atoms with Crippen LogP contribution in [0.5, 0.6) is 11.5 Å². The number of aromatic nitrogens is 2. The van der Waals surface area contributed by atoms with Crippen LogP contribution in [0.2, 0.25) is 5.02 Å². The fourth-order valence-corrected chi connectivity index (χ4v) is 6.18. The van der Waals surface area contributed by atoms with Gasteiger partial charge < -0.3 is 14.8 Å². The van der Waals surface area contributed by atoms with Gasteiger partial charge in [0, 0.05) is 23.8 Å². The number of benzene rings is 4. The van der Waals surface area contributed by atoms with Gasteiger partial charge >= 0.3 is 6.18 Å². The first kappa shape index (κ1) is 33.8. The highest BCUT2D eigenvalue weighted by atomic mass is 35.5. The Kier molecular flexibility index (Phi) is 8.55. The second-order valence-corrected chi connectivity index (χ2v) is 12.0. The van der Waals surface area contributed by atoms with Crippen molar-refractivity contribution in [1.29, 1.82) is 0 Å². The number of halogens is 6. The normalized spacial score (nSPS) is 16.0. The summed E-state index contributed by atoms with van der Waals surface area (Å²) in [4.78, 5) is 54.6. The molecule has 2 aliphatic heterocycles. The molecule has 4 aromatic carbocycles. The molecule has 1 fully saturated rings. The van der Waals surface area contributed by atoms with E-state index in [1.807, 2.05) is 0 Å². The molecule has 260 valence electrons. The Bertz CT molecular complexity index is 2250. The minimum Gasteiger partial charge on any atom is -0.453 e. The fourth-order valence-electron chi connectivity index (χ4n) is 6.03. The molecular formula is C35H22ClF5N4O6. The minimum atomic E-state index is -5.00. The summed E-state index contributed by atoms with van der Waals surface area (Å²) in [7, 11) is 0. The van der Waals surface area contributed by atoms with Gasteiger partial charge in [0.05, 0.1) is 38.3 Å². The molecule has 0 radical (unpaired) electrons. The van der Waals surface area contributed by atoms with E-state index >= 15 is 0 Å². The number of anilines is 2. The molecule has 1 N–H and O–H groups in total. The van der Waals surface area contributed by atoms with Gasteiger partial charge in [-0.1, -0.05) is 23.7 Å². The summed E-state index contributed by atoms with van der Waals surface area (Å²) >= 11 is 6.35. The lowest BCUT2D eigenvalue weighted by molar-refractivity contribution is -0.137. The molecule has 3 heterocycles. The number of imide groups is 1. The van der Waals surface area contributed by atoms with Crippen LogP contribution in [0.4, 0.5) is 33.5 Å². The van der Waals surface area contributed by atoms with Crippen LogP contribution in [0.1, 0.15) is 72.5 Å². The van der Waals surface area contributed by atoms with Crippen LogP contribution >= 0.6 is 11.6 Å². The summed E-state index contributed by atoms with van der Waals surface area (Å²) in [6.45, 7) is 0.314. The number of carbonyl (C=O) groups excluding carboxylic acids is 4. The van der Waals surface area contributed by atoms with E-state index in [0.717, 1.165) is 35.6 Å². The lowest BCUT2D eigenvalue weighted by Gasteiger charge is -2.24. The van der Waals surface area contributed by atoms with E-state index in [-0.39, 0.29) is 50.2 Å². The molecule has 1 unspecified atom stereocenters. The van der Waals surface area contributed by atoms with Crippen LogP contribution in [0, 0.1) is 11.6 Å². The molecule has 16 heteroatoms. The zero-order chi connectivity index (χ0) is 36.2. The van der Waals surface area contributed by atoms with Gasteiger partial charge in [0.2, 0.25) is 0 Å². The van der Waals surface area contributed by atoms with Crippen molar-refractivity contribution in [3.05, 3.63) is 111 Å². The third kappa shape index (κ3) is 6.08. The van der Waals surface area contributed by atoms with Crippen LogP contribution in [0.15, 0.2) is 66.7 Å². The average molecular weight is 725 g/mol. The predicted octanol–water partition coefficient (Wildman–Crippen LogP) is 8.34. The Morgan fingerprint density at radius 3 is 2.35 bits per heavy atom. The predicted molar refractivity (Wildman–Crippen MR) is 172 cm³/mol. The number of rotatable bonds is 7. The Labute approximate surface area is 289 Å². The Balaban J connectivity index is 1.50. The van der Waals surface area contributed by atoms with Crippen molar-refractivity contribution in [3.8, 4) is 11.5 Å². The van der Waals surface area contributed by atoms with E-state index in [1.54, 1.807) is 12.1 Å². The fraction of sp³-hybridized carbons (Fsp3) is 0.171. The SMILES string of the molecule is O=Cc1cc(NC(=O)c2cc(F)cc(C(F)(F)F)c2)c(Oc2cc(F)ccc2Cl)c2c(N3C(=O)c4ccccc4C3=O)nn(C3CCCCO3)c12. The number of alkyl halides is 3. The zero-order valence-corrected chi connectivity index (χ0v) is 26.6. The van der Waals surface area contributed by atoms with Gasteiger partial charge in [0.15, 0.2) is 24.1 Å². The zero-order valence-electron chi connectivity index (χ0n) is 25.9. The van der Waals surface area contributed by atoms with Crippen molar-refractivity contribution < 1.29 is 50.6 Å².